The minimum atomic E-state index is -1.86. The van der Waals surface area contributed by atoms with Crippen LogP contribution in [0.2, 0.25) is 20.1 Å². The van der Waals surface area contributed by atoms with Crippen molar-refractivity contribution >= 4 is 64.4 Å². The lowest BCUT2D eigenvalue weighted by Gasteiger charge is -2.49. The summed E-state index contributed by atoms with van der Waals surface area (Å²) in [5, 5.41) is 10.3. The van der Waals surface area contributed by atoms with E-state index < -0.39 is 47.4 Å². The first-order valence-corrected chi connectivity index (χ1v) is 14.4. The number of methoxy groups -OCH3 is 1. The standard InChI is InChI=1S/C28H34Cl4N4O5/c1-15(35-26(39)41-27(3,4)5)13-34-28(25(38)40-6,18-8-10-20(30)22(32)12-18)36-16(2)14-33-23(24(36)37)17-7-9-19(29)21(31)11-17/h7-12,15-16,23,33-34H,13-14H2,1-6H3,(H,35,39)/t15-,16-,23+,28?/m1/s1. The molecule has 1 unspecified atom stereocenters. The summed E-state index contributed by atoms with van der Waals surface area (Å²) in [6, 6.07) is 7.65. The predicted octanol–water partition coefficient (Wildman–Crippen LogP) is 5.69. The van der Waals surface area contributed by atoms with Gasteiger partial charge in [-0.2, -0.15) is 0 Å². The molecule has 2 aromatic carbocycles. The van der Waals surface area contributed by atoms with Gasteiger partial charge in [-0.15, -0.1) is 0 Å². The van der Waals surface area contributed by atoms with Crippen LogP contribution in [-0.4, -0.2) is 60.8 Å². The Morgan fingerprint density at radius 3 is 2.22 bits per heavy atom. The Morgan fingerprint density at radius 1 is 1.05 bits per heavy atom. The summed E-state index contributed by atoms with van der Waals surface area (Å²) in [5.74, 6) is -1.20. The Labute approximate surface area is 260 Å². The summed E-state index contributed by atoms with van der Waals surface area (Å²) in [5.41, 5.74) is -1.68. The first-order valence-electron chi connectivity index (χ1n) is 12.9. The van der Waals surface area contributed by atoms with Crippen LogP contribution >= 0.6 is 46.4 Å². The number of amides is 2. The van der Waals surface area contributed by atoms with Crippen LogP contribution in [0.3, 0.4) is 0 Å². The molecule has 1 fully saturated rings. The Bertz CT molecular complexity index is 1300. The molecule has 1 heterocycles. The third kappa shape index (κ3) is 7.58. The van der Waals surface area contributed by atoms with Gasteiger partial charge in [0.05, 0.1) is 27.2 Å². The summed E-state index contributed by atoms with van der Waals surface area (Å²) in [7, 11) is 1.23. The van der Waals surface area contributed by atoms with Gasteiger partial charge in [-0.05, 0) is 64.4 Å². The van der Waals surface area contributed by atoms with Crippen LogP contribution < -0.4 is 16.0 Å². The SMILES string of the molecule is COC(=O)C(NC[C@@H](C)NC(=O)OC(C)(C)C)(c1ccc(Cl)c(Cl)c1)N1C(=O)[C@H](c2ccc(Cl)c(Cl)c2)NC[C@H]1C. The number of esters is 1. The zero-order chi connectivity index (χ0) is 30.7. The monoisotopic (exact) mass is 646 g/mol. The number of ether oxygens (including phenoxy) is 2. The molecule has 4 atom stereocenters. The van der Waals surface area contributed by atoms with Gasteiger partial charge in [-0.3, -0.25) is 10.1 Å². The van der Waals surface area contributed by atoms with Gasteiger partial charge in [-0.25, -0.2) is 9.59 Å². The zero-order valence-corrected chi connectivity index (χ0v) is 26.6. The maximum absolute atomic E-state index is 14.3. The molecule has 0 saturated carbocycles. The highest BCUT2D eigenvalue weighted by atomic mass is 35.5. The number of hydrogen-bond donors (Lipinski definition) is 3. The van der Waals surface area contributed by atoms with Gasteiger partial charge in [0.15, 0.2) is 0 Å². The maximum Gasteiger partial charge on any atom is 0.407 e. The van der Waals surface area contributed by atoms with Crippen molar-refractivity contribution in [3.63, 3.8) is 0 Å². The largest absolute Gasteiger partial charge is 0.466 e. The molecule has 3 rings (SSSR count). The highest BCUT2D eigenvalue weighted by molar-refractivity contribution is 6.42. The van der Waals surface area contributed by atoms with Crippen molar-refractivity contribution in [1.82, 2.24) is 20.9 Å². The molecule has 0 radical (unpaired) electrons. The first kappa shape index (κ1) is 33.2. The smallest absolute Gasteiger partial charge is 0.407 e. The van der Waals surface area contributed by atoms with E-state index in [1.165, 1.54) is 24.1 Å². The van der Waals surface area contributed by atoms with Gasteiger partial charge in [0, 0.05) is 30.7 Å². The van der Waals surface area contributed by atoms with Crippen LogP contribution in [0.25, 0.3) is 0 Å². The second-order valence-corrected chi connectivity index (χ2v) is 12.5. The molecule has 2 aromatic rings. The molecule has 224 valence electrons. The molecule has 13 heteroatoms. The number of rotatable bonds is 8. The lowest BCUT2D eigenvalue weighted by Crippen LogP contribution is -2.71. The minimum absolute atomic E-state index is 0.0377. The van der Waals surface area contributed by atoms with Gasteiger partial charge in [0.2, 0.25) is 11.6 Å². The molecular weight excluding hydrogens is 614 g/mol. The molecule has 1 aliphatic rings. The van der Waals surface area contributed by atoms with Crippen LogP contribution in [-0.2, 0) is 24.7 Å². The fraction of sp³-hybridized carbons (Fsp3) is 0.464. The Hall–Kier alpha value is -2.27. The van der Waals surface area contributed by atoms with E-state index in [1.54, 1.807) is 58.9 Å². The highest BCUT2D eigenvalue weighted by Crippen LogP contribution is 2.38. The molecular formula is C28H34Cl4N4O5. The van der Waals surface area contributed by atoms with Crippen molar-refractivity contribution < 1.29 is 23.9 Å². The summed E-state index contributed by atoms with van der Waals surface area (Å²) in [4.78, 5) is 42.0. The van der Waals surface area contributed by atoms with Crippen molar-refractivity contribution in [1.29, 1.82) is 0 Å². The molecule has 1 saturated heterocycles. The third-order valence-electron chi connectivity index (χ3n) is 6.43. The van der Waals surface area contributed by atoms with E-state index in [1.807, 2.05) is 0 Å². The third-order valence-corrected chi connectivity index (χ3v) is 7.90. The quantitative estimate of drug-likeness (QED) is 0.316. The maximum atomic E-state index is 14.3. The number of nitrogens with zero attached hydrogens (tertiary/aromatic N) is 1. The molecule has 0 aliphatic carbocycles. The van der Waals surface area contributed by atoms with E-state index in [0.29, 0.717) is 22.7 Å². The van der Waals surface area contributed by atoms with E-state index >= 15 is 0 Å². The lowest BCUT2D eigenvalue weighted by atomic mass is 9.91. The van der Waals surface area contributed by atoms with E-state index in [2.05, 4.69) is 16.0 Å². The van der Waals surface area contributed by atoms with Crippen LogP contribution in [0.15, 0.2) is 36.4 Å². The number of benzene rings is 2. The second-order valence-electron chi connectivity index (χ2n) is 10.8. The van der Waals surface area contributed by atoms with Crippen LogP contribution in [0.4, 0.5) is 4.79 Å². The lowest BCUT2D eigenvalue weighted by molar-refractivity contribution is -0.172. The Kier molecular flexibility index (Phi) is 10.8. The second kappa shape index (κ2) is 13.4. The molecule has 9 nitrogen and oxygen atoms in total. The van der Waals surface area contributed by atoms with E-state index in [-0.39, 0.29) is 21.6 Å². The van der Waals surface area contributed by atoms with Crippen molar-refractivity contribution in [3.05, 3.63) is 67.6 Å². The topological polar surface area (TPSA) is 109 Å². The average molecular weight is 648 g/mol. The number of hydrogen-bond acceptors (Lipinski definition) is 7. The number of carbonyl (C=O) groups is 3. The summed E-state index contributed by atoms with van der Waals surface area (Å²) >= 11 is 25.0. The van der Waals surface area contributed by atoms with Gasteiger partial charge >= 0.3 is 12.1 Å². The number of nitrogens with one attached hydrogen (secondary N) is 3. The van der Waals surface area contributed by atoms with Crippen LogP contribution in [0.1, 0.15) is 51.8 Å². The van der Waals surface area contributed by atoms with Crippen LogP contribution in [0.5, 0.6) is 0 Å². The number of halogens is 4. The van der Waals surface area contributed by atoms with Crippen molar-refractivity contribution in [2.24, 2.45) is 0 Å². The zero-order valence-electron chi connectivity index (χ0n) is 23.6. The molecule has 3 N–H and O–H groups in total. The van der Waals surface area contributed by atoms with Gasteiger partial charge < -0.3 is 25.0 Å². The van der Waals surface area contributed by atoms with Gasteiger partial charge in [0.1, 0.15) is 11.6 Å². The highest BCUT2D eigenvalue weighted by Gasteiger charge is 2.54. The molecule has 1 aliphatic heterocycles. The molecule has 0 spiro atoms. The number of alkyl carbamates (subject to hydrolysis) is 1. The summed E-state index contributed by atoms with van der Waals surface area (Å²) in [6.45, 7) is 9.15. The number of carbonyl (C=O) groups excluding carboxylic acids is 3. The first-order chi connectivity index (χ1) is 19.1. The van der Waals surface area contributed by atoms with E-state index in [9.17, 15) is 14.4 Å². The van der Waals surface area contributed by atoms with Crippen LogP contribution in [0, 0.1) is 0 Å². The molecule has 0 bridgehead atoms. The van der Waals surface area contributed by atoms with E-state index in [0.717, 1.165) is 0 Å². The average Bonchev–Trinajstić information content (AvgIpc) is 2.88. The number of piperazine rings is 1. The van der Waals surface area contributed by atoms with E-state index in [4.69, 9.17) is 55.9 Å². The van der Waals surface area contributed by atoms with Gasteiger partial charge in [0.25, 0.3) is 0 Å². The Balaban J connectivity index is 2.10. The molecule has 41 heavy (non-hydrogen) atoms. The van der Waals surface area contributed by atoms with Crippen molar-refractivity contribution in [2.45, 2.75) is 64.0 Å². The van der Waals surface area contributed by atoms with Gasteiger partial charge in [-0.1, -0.05) is 58.5 Å². The van der Waals surface area contributed by atoms with Crippen molar-refractivity contribution in [3.8, 4) is 0 Å². The minimum Gasteiger partial charge on any atom is -0.466 e. The molecule has 2 amide bonds. The van der Waals surface area contributed by atoms with Crippen molar-refractivity contribution in [2.75, 3.05) is 20.2 Å². The molecule has 0 aromatic heterocycles. The summed E-state index contributed by atoms with van der Waals surface area (Å²) < 4.78 is 10.7. The summed E-state index contributed by atoms with van der Waals surface area (Å²) in [6.07, 6.45) is -0.628. The fourth-order valence-corrected chi connectivity index (χ4v) is 5.22. The Morgan fingerprint density at radius 2 is 1.66 bits per heavy atom. The normalized spacial score (nSPS) is 19.8. The predicted molar refractivity (Wildman–Crippen MR) is 161 cm³/mol. The fourth-order valence-electron chi connectivity index (χ4n) is 4.62.